The quantitative estimate of drug-likeness (QED) is 0.402. The van der Waals surface area contributed by atoms with Crippen LogP contribution in [0, 0.1) is 15.3 Å². The third-order valence-corrected chi connectivity index (χ3v) is 4.54. The number of nitrogens with zero attached hydrogens (tertiary/aromatic N) is 3. The van der Waals surface area contributed by atoms with Gasteiger partial charge in [0.2, 0.25) is 5.52 Å². The molecule has 9 nitrogen and oxygen atoms in total. The van der Waals surface area contributed by atoms with Crippen LogP contribution in [0.5, 0.6) is 5.75 Å². The molecule has 2 aromatic carbocycles. The highest BCUT2D eigenvalue weighted by Gasteiger charge is 2.28. The lowest BCUT2D eigenvalue weighted by Crippen LogP contribution is -2.24. The molecule has 0 unspecified atom stereocenters. The summed E-state index contributed by atoms with van der Waals surface area (Å²) in [5.41, 5.74) is -0.885. The summed E-state index contributed by atoms with van der Waals surface area (Å²) in [6, 6.07) is 8.85. The van der Waals surface area contributed by atoms with E-state index in [2.05, 4.69) is 9.79 Å². The molecule has 0 N–H and O–H groups in total. The van der Waals surface area contributed by atoms with Crippen LogP contribution in [-0.4, -0.2) is 21.4 Å². The maximum atomic E-state index is 12.7. The van der Waals surface area contributed by atoms with Gasteiger partial charge in [-0.1, -0.05) is 6.07 Å². The van der Waals surface area contributed by atoms with Crippen molar-refractivity contribution >= 4 is 27.5 Å². The molecule has 0 aliphatic heterocycles. The smallest absolute Gasteiger partial charge is 0.327 e. The number of rotatable bonds is 4. The van der Waals surface area contributed by atoms with Crippen LogP contribution in [0.15, 0.2) is 50.8 Å². The lowest BCUT2D eigenvalue weighted by atomic mass is 10.3. The monoisotopic (exact) mass is 335 g/mol. The summed E-state index contributed by atoms with van der Waals surface area (Å²) in [5.74, 6) is 0.495. The summed E-state index contributed by atoms with van der Waals surface area (Å²) in [5, 5.41) is 26.1. The van der Waals surface area contributed by atoms with E-state index in [0.29, 0.717) is 10.6 Å². The highest BCUT2D eigenvalue weighted by molar-refractivity contribution is 7.85. The van der Waals surface area contributed by atoms with E-state index in [1.54, 1.807) is 24.3 Å². The van der Waals surface area contributed by atoms with Gasteiger partial charge in [-0.2, -0.15) is 0 Å². The largest absolute Gasteiger partial charge is 0.497 e. The zero-order chi connectivity index (χ0) is 16.6. The molecule has 0 amide bonds. The predicted octanol–water partition coefficient (Wildman–Crippen LogP) is 1.54. The van der Waals surface area contributed by atoms with Crippen molar-refractivity contribution in [1.29, 1.82) is 0 Å². The maximum absolute atomic E-state index is 12.7. The van der Waals surface area contributed by atoms with Crippen molar-refractivity contribution in [2.24, 2.45) is 0 Å². The topological polar surface area (TPSA) is 122 Å². The number of hydrogen-bond acceptors (Lipinski definition) is 7. The molecule has 1 aromatic heterocycles. The Morgan fingerprint density at radius 1 is 1.35 bits per heavy atom. The Labute approximate surface area is 131 Å². The summed E-state index contributed by atoms with van der Waals surface area (Å²) in [7, 11) is -0.297. The van der Waals surface area contributed by atoms with Crippen LogP contribution in [0.25, 0.3) is 11.0 Å². The molecule has 0 saturated heterocycles. The molecule has 23 heavy (non-hydrogen) atoms. The Kier molecular flexibility index (Phi) is 3.66. The first-order chi connectivity index (χ1) is 11.0. The van der Waals surface area contributed by atoms with Gasteiger partial charge in [-0.25, -0.2) is 4.21 Å². The van der Waals surface area contributed by atoms with Crippen molar-refractivity contribution in [3.8, 4) is 5.75 Å². The highest BCUT2D eigenvalue weighted by Crippen LogP contribution is 2.29. The molecule has 0 radical (unpaired) electrons. The molecule has 1 heterocycles. The maximum Gasteiger partial charge on any atom is 0.327 e. The van der Waals surface area contributed by atoms with E-state index in [0.717, 1.165) is 6.07 Å². The Hall–Kier alpha value is -3.01. The van der Waals surface area contributed by atoms with Gasteiger partial charge < -0.3 is 9.94 Å². The number of non-ortho nitro benzene ring substituents is 1. The predicted molar refractivity (Wildman–Crippen MR) is 77.3 cm³/mol. The molecule has 118 valence electrons. The first kappa shape index (κ1) is 14.9. The molecule has 10 heteroatoms. The summed E-state index contributed by atoms with van der Waals surface area (Å²) >= 11 is 0. The van der Waals surface area contributed by atoms with Crippen LogP contribution < -0.4 is 9.64 Å². The van der Waals surface area contributed by atoms with Crippen molar-refractivity contribution in [1.82, 2.24) is 5.16 Å². The van der Waals surface area contributed by atoms with Gasteiger partial charge in [0.15, 0.2) is 0 Å². The van der Waals surface area contributed by atoms with Crippen LogP contribution in [0.4, 0.5) is 5.69 Å². The SMILES string of the molecule is COc1cccc([S@@](=O)c2ccc([N+](=O)[O-])c3no[n+]([O-])c23)c1. The number of benzene rings is 2. The van der Waals surface area contributed by atoms with Crippen molar-refractivity contribution in [3.05, 3.63) is 51.7 Å². The van der Waals surface area contributed by atoms with Crippen LogP contribution in [0.1, 0.15) is 0 Å². The minimum Gasteiger partial charge on any atom is -0.497 e. The Morgan fingerprint density at radius 2 is 2.13 bits per heavy atom. The second-order valence-corrected chi connectivity index (χ2v) is 5.86. The molecular weight excluding hydrogens is 326 g/mol. The van der Waals surface area contributed by atoms with Gasteiger partial charge in [0, 0.05) is 11.0 Å². The molecule has 0 aliphatic carbocycles. The molecule has 0 bridgehead atoms. The number of nitro benzene ring substituents is 1. The van der Waals surface area contributed by atoms with Gasteiger partial charge in [0.1, 0.15) is 10.6 Å². The van der Waals surface area contributed by atoms with Crippen molar-refractivity contribution in [2.45, 2.75) is 9.79 Å². The molecule has 3 rings (SSSR count). The van der Waals surface area contributed by atoms with Crippen molar-refractivity contribution in [3.63, 3.8) is 0 Å². The van der Waals surface area contributed by atoms with Crippen molar-refractivity contribution in [2.75, 3.05) is 7.11 Å². The number of methoxy groups -OCH3 is 1. The minimum atomic E-state index is -1.77. The highest BCUT2D eigenvalue weighted by atomic mass is 32.2. The molecule has 3 aromatic rings. The summed E-state index contributed by atoms with van der Waals surface area (Å²) in [6.45, 7) is 0. The lowest BCUT2D eigenvalue weighted by molar-refractivity contribution is -0.783. The van der Waals surface area contributed by atoms with Crippen molar-refractivity contribution < 1.29 is 23.4 Å². The standard InChI is InChI=1S/C13H9N3O6S/c1-21-8-3-2-4-9(7-8)23(20)11-6-5-10(15(17)18)12-13(11)16(19)22-14-12/h2-7H,1H3/t23-/m1/s1. The second-order valence-electron chi connectivity index (χ2n) is 4.41. The van der Waals surface area contributed by atoms with Crippen LogP contribution in [-0.2, 0) is 10.8 Å². The van der Waals surface area contributed by atoms with E-state index in [9.17, 15) is 19.5 Å². The summed E-state index contributed by atoms with van der Waals surface area (Å²) in [4.78, 5) is 10.7. The van der Waals surface area contributed by atoms with Gasteiger partial charge in [0.05, 0.1) is 28.0 Å². The zero-order valence-corrected chi connectivity index (χ0v) is 12.5. The Balaban J connectivity index is 2.20. The van der Waals surface area contributed by atoms with E-state index >= 15 is 0 Å². The van der Waals surface area contributed by atoms with Gasteiger partial charge >= 0.3 is 11.2 Å². The van der Waals surface area contributed by atoms with Crippen LogP contribution in [0.2, 0.25) is 0 Å². The van der Waals surface area contributed by atoms with E-state index in [1.165, 1.54) is 13.2 Å². The van der Waals surface area contributed by atoms with E-state index < -0.39 is 21.4 Å². The van der Waals surface area contributed by atoms with E-state index in [4.69, 9.17) is 4.74 Å². The average molecular weight is 335 g/mol. The zero-order valence-electron chi connectivity index (χ0n) is 11.7. The van der Waals surface area contributed by atoms with Gasteiger partial charge in [-0.3, -0.25) is 14.7 Å². The molecule has 0 aliphatic rings. The van der Waals surface area contributed by atoms with E-state index in [1.807, 2.05) is 0 Å². The van der Waals surface area contributed by atoms with E-state index in [-0.39, 0.29) is 20.8 Å². The van der Waals surface area contributed by atoms with Crippen LogP contribution in [0.3, 0.4) is 0 Å². The number of ether oxygens (including phenoxy) is 1. The molecule has 1 atom stereocenters. The molecular formula is C13H9N3O6S. The lowest BCUT2D eigenvalue weighted by Gasteiger charge is -2.05. The Morgan fingerprint density at radius 3 is 2.83 bits per heavy atom. The second kappa shape index (κ2) is 5.65. The number of nitro groups is 1. The average Bonchev–Trinajstić information content (AvgIpc) is 2.95. The third kappa shape index (κ3) is 2.48. The number of fused-ring (bicyclic) bond motifs is 1. The fourth-order valence-corrected chi connectivity index (χ4v) is 3.29. The van der Waals surface area contributed by atoms with Gasteiger partial charge in [-0.05, 0) is 29.2 Å². The summed E-state index contributed by atoms with van der Waals surface area (Å²) < 4.78 is 22.2. The molecule has 0 spiro atoms. The fourth-order valence-electron chi connectivity index (χ4n) is 2.08. The normalized spacial score (nSPS) is 12.2. The fraction of sp³-hybridized carbons (Fsp3) is 0.0769. The number of hydrogen-bond donors (Lipinski definition) is 0. The molecule has 0 fully saturated rings. The Bertz CT molecular complexity index is 939. The van der Waals surface area contributed by atoms with Gasteiger partial charge in [0.25, 0.3) is 0 Å². The molecule has 0 saturated carbocycles. The first-order valence-corrected chi connectivity index (χ1v) is 7.40. The van der Waals surface area contributed by atoms with Gasteiger partial charge in [-0.15, -0.1) is 0 Å². The summed E-state index contributed by atoms with van der Waals surface area (Å²) in [6.07, 6.45) is 0. The first-order valence-electron chi connectivity index (χ1n) is 6.25. The third-order valence-electron chi connectivity index (χ3n) is 3.13. The number of aromatic nitrogens is 2. The van der Waals surface area contributed by atoms with Crippen LogP contribution >= 0.6 is 0 Å². The minimum absolute atomic E-state index is 0.00966.